The molecule has 31 heteroatoms. The second kappa shape index (κ2) is 28.6. The summed E-state index contributed by atoms with van der Waals surface area (Å²) in [5, 5.41) is 12.2. The number of aryl methyl sites for hydroxylation is 2. The Morgan fingerprint density at radius 1 is 0.750 bits per heavy atom. The number of likely N-dealkylation sites (N-methyl/N-ethyl adjacent to an activating group) is 2. The zero-order chi connectivity index (χ0) is 69.3. The summed E-state index contributed by atoms with van der Waals surface area (Å²) < 4.78 is 28.9. The van der Waals surface area contributed by atoms with Crippen LogP contribution in [0.25, 0.3) is 21.8 Å². The van der Waals surface area contributed by atoms with Crippen LogP contribution in [0.2, 0.25) is 0 Å². The van der Waals surface area contributed by atoms with Crippen LogP contribution < -0.4 is 46.1 Å². The number of urea groups is 1. The summed E-state index contributed by atoms with van der Waals surface area (Å²) in [4.78, 5) is 165. The number of fused-ring (bicyclic) bond motifs is 6. The van der Waals surface area contributed by atoms with Gasteiger partial charge < -0.3 is 70.6 Å². The number of rotatable bonds is 28. The van der Waals surface area contributed by atoms with Gasteiger partial charge in [0.1, 0.15) is 18.7 Å². The van der Waals surface area contributed by atoms with E-state index in [4.69, 9.17) is 42.9 Å². The molecule has 6 aliphatic rings. The number of halogens is 2. The standard InChI is InChI=1S/C65H79Cl2N12O16P/c1-35(2)54(74-47(80)12-8-7-9-20-77-48(81)17-18-49(77)82)58(84)73-42(11-10-19-69-61(68)87)57(83)72-41-15-13-38(14-16-41)31-93-62(88)75(5)21-22-76(6)63(89)94-45-23-43-52(50-36(3)27-70-55(45)50)39(25-66)29-78(43)59(85)64-32-65(33-64,34-64)60(86)79-30-40(26-67)53-44(79)24-46(95-96(90,91)92)56-51(53)37(4)28-71-56/h13-18,23-24,27-28,35,39-40,42,54,70-71H,7-12,19-22,25-26,29-34H2,1-6H3,(H,72,83)(H,73,84)(H,74,80)(H3,68,69,87)(H2,90,91,92). The molecule has 11 rings (SSSR count). The predicted octanol–water partition coefficient (Wildman–Crippen LogP) is 7.14. The summed E-state index contributed by atoms with van der Waals surface area (Å²) in [6.07, 6.45) is 7.25. The molecule has 514 valence electrons. The molecule has 5 aromatic rings. The summed E-state index contributed by atoms with van der Waals surface area (Å²) in [5.74, 6) is -3.21. The fourth-order valence-corrected chi connectivity index (χ4v) is 14.7. The first-order valence-corrected chi connectivity index (χ1v) is 34.3. The van der Waals surface area contributed by atoms with E-state index in [2.05, 4.69) is 31.2 Å². The third kappa shape index (κ3) is 14.5. The molecule has 5 heterocycles. The van der Waals surface area contributed by atoms with Crippen LogP contribution in [-0.4, -0.2) is 171 Å². The van der Waals surface area contributed by atoms with E-state index in [1.807, 2.05) is 13.8 Å². The molecule has 4 unspecified atom stereocenters. The zero-order valence-corrected chi connectivity index (χ0v) is 56.4. The van der Waals surface area contributed by atoms with Gasteiger partial charge in [-0.15, -0.1) is 23.2 Å². The van der Waals surface area contributed by atoms with Crippen molar-refractivity contribution in [3.05, 3.63) is 88.8 Å². The molecule has 10 N–H and O–H groups in total. The minimum Gasteiger partial charge on any atom is -0.445 e. The molecule has 3 fully saturated rings. The Hall–Kier alpha value is -8.69. The van der Waals surface area contributed by atoms with Gasteiger partial charge in [-0.3, -0.25) is 48.2 Å². The fraction of sp³-hybridized carbons (Fsp3) is 0.477. The Morgan fingerprint density at radius 2 is 1.29 bits per heavy atom. The number of unbranched alkanes of at least 4 members (excludes halogenated alkanes) is 2. The van der Waals surface area contributed by atoms with Gasteiger partial charge in [-0.25, -0.2) is 18.9 Å². The van der Waals surface area contributed by atoms with Crippen molar-refractivity contribution < 1.29 is 76.3 Å². The van der Waals surface area contributed by atoms with Crippen LogP contribution in [0.1, 0.15) is 111 Å². The number of amides is 11. The Balaban J connectivity index is 0.711. The van der Waals surface area contributed by atoms with Crippen molar-refractivity contribution >= 4 is 129 Å². The molecule has 96 heavy (non-hydrogen) atoms. The van der Waals surface area contributed by atoms with E-state index in [9.17, 15) is 62.3 Å². The van der Waals surface area contributed by atoms with Crippen molar-refractivity contribution in [3.8, 4) is 11.5 Å². The summed E-state index contributed by atoms with van der Waals surface area (Å²) in [5.41, 5.74) is 9.57. The second-order valence-corrected chi connectivity index (χ2v) is 27.8. The van der Waals surface area contributed by atoms with Gasteiger partial charge in [-0.1, -0.05) is 32.4 Å². The van der Waals surface area contributed by atoms with Gasteiger partial charge in [0.25, 0.3) is 11.8 Å². The lowest BCUT2D eigenvalue weighted by Crippen LogP contribution is -2.73. The van der Waals surface area contributed by atoms with Crippen LogP contribution in [0, 0.1) is 30.6 Å². The number of nitrogens with two attached hydrogens (primary N) is 1. The number of nitrogens with zero attached hydrogens (tertiary/aromatic N) is 5. The number of imide groups is 1. The molecule has 0 saturated heterocycles. The summed E-state index contributed by atoms with van der Waals surface area (Å²) >= 11 is 13.2. The van der Waals surface area contributed by atoms with Crippen LogP contribution in [0.5, 0.6) is 11.5 Å². The van der Waals surface area contributed by atoms with Crippen LogP contribution in [-0.2, 0) is 49.5 Å². The normalized spacial score (nSPS) is 19.7. The summed E-state index contributed by atoms with van der Waals surface area (Å²) in [7, 11) is -1.98. The lowest BCUT2D eigenvalue weighted by Gasteiger charge is -2.69. The zero-order valence-electron chi connectivity index (χ0n) is 54.0. The summed E-state index contributed by atoms with van der Waals surface area (Å²) in [6.45, 7) is 7.99. The molecular weight excluding hydrogens is 1310 g/mol. The van der Waals surface area contributed by atoms with Crippen LogP contribution in [0.15, 0.2) is 60.9 Å². The van der Waals surface area contributed by atoms with Crippen LogP contribution in [0.4, 0.5) is 31.4 Å². The average Bonchev–Trinajstić information content (AvgIpc) is 0.900. The van der Waals surface area contributed by atoms with E-state index in [0.29, 0.717) is 58.3 Å². The highest BCUT2D eigenvalue weighted by molar-refractivity contribution is 7.46. The van der Waals surface area contributed by atoms with E-state index in [1.54, 1.807) is 66.4 Å². The Morgan fingerprint density at radius 3 is 1.82 bits per heavy atom. The number of H-pyrrole nitrogens is 2. The molecule has 3 aliphatic carbocycles. The van der Waals surface area contributed by atoms with Gasteiger partial charge in [0.2, 0.25) is 29.5 Å². The van der Waals surface area contributed by atoms with Crippen molar-refractivity contribution in [1.29, 1.82) is 0 Å². The topological polar surface area (TPSA) is 378 Å². The van der Waals surface area contributed by atoms with Gasteiger partial charge >= 0.3 is 26.0 Å². The van der Waals surface area contributed by atoms with Crippen LogP contribution >= 0.6 is 31.0 Å². The second-order valence-electron chi connectivity index (χ2n) is 26.0. The number of phosphoric acid groups is 1. The minimum absolute atomic E-state index is 0.0249. The van der Waals surface area contributed by atoms with E-state index >= 15 is 0 Å². The molecule has 2 bridgehead atoms. The highest BCUT2D eigenvalue weighted by atomic mass is 35.5. The van der Waals surface area contributed by atoms with Crippen molar-refractivity contribution in [2.45, 2.75) is 116 Å². The molecule has 3 aromatic carbocycles. The first kappa shape index (κ1) is 70.1. The maximum atomic E-state index is 14.9. The van der Waals surface area contributed by atoms with Crippen molar-refractivity contribution in [2.75, 3.05) is 80.2 Å². The Kier molecular flexibility index (Phi) is 20.9. The Labute approximate surface area is 562 Å². The quantitative estimate of drug-likeness (QED) is 0.0104. The molecule has 11 amide bonds. The molecule has 3 aliphatic heterocycles. The third-order valence-electron chi connectivity index (χ3n) is 18.7. The predicted molar refractivity (Wildman–Crippen MR) is 355 cm³/mol. The lowest BCUT2D eigenvalue weighted by molar-refractivity contribution is -0.205. The SMILES string of the molecule is Cc1c[nH]c2c(OC(=O)N(C)CCN(C)C(=O)OCc3ccc(NC(=O)C(CCCNC(N)=O)NC(=O)C(NC(=O)CCCCCN4C(=O)C=CC4=O)C(C)C)cc3)cc3c(c12)C(CCl)CN3C(=O)C12CC(C(=O)N3CC(CCl)c4c3cc(OP(=O)(O)O)c3[nH]cc(C)c43)(C1)C2. The number of anilines is 3. The number of carbonyl (C=O) groups is 10. The fourth-order valence-electron chi connectivity index (χ4n) is 13.8. The van der Waals surface area contributed by atoms with Crippen molar-refractivity contribution in [2.24, 2.45) is 22.5 Å². The minimum atomic E-state index is -4.99. The first-order chi connectivity index (χ1) is 45.6. The lowest BCUT2D eigenvalue weighted by atomic mass is 9.34. The van der Waals surface area contributed by atoms with Gasteiger partial charge in [-0.2, -0.15) is 0 Å². The van der Waals surface area contributed by atoms with Crippen molar-refractivity contribution in [1.82, 2.24) is 40.6 Å². The first-order valence-electron chi connectivity index (χ1n) is 31.7. The number of hydrogen-bond donors (Lipinski definition) is 9. The maximum Gasteiger partial charge on any atom is 0.524 e. The Bertz CT molecular complexity index is 3980. The van der Waals surface area contributed by atoms with E-state index < -0.39 is 60.8 Å². The van der Waals surface area contributed by atoms with Crippen molar-refractivity contribution in [3.63, 3.8) is 0 Å². The molecule has 0 radical (unpaired) electrons. The third-order valence-corrected chi connectivity index (χ3v) is 19.9. The maximum absolute atomic E-state index is 14.9. The van der Waals surface area contributed by atoms with Gasteiger partial charge in [0.05, 0.1) is 33.2 Å². The number of nitrogens with one attached hydrogen (secondary N) is 6. The number of aromatic amines is 2. The highest BCUT2D eigenvalue weighted by Gasteiger charge is 2.76. The van der Waals surface area contributed by atoms with Gasteiger partial charge in [-0.05, 0) is 105 Å². The largest absolute Gasteiger partial charge is 0.524 e. The number of alkyl halides is 2. The molecule has 4 atom stereocenters. The van der Waals surface area contributed by atoms with E-state index in [1.165, 1.54) is 42.1 Å². The molecule has 0 spiro atoms. The molecule has 3 saturated carbocycles. The summed E-state index contributed by atoms with van der Waals surface area (Å²) in [6, 6.07) is 6.71. The average molecular weight is 1390 g/mol. The molecular formula is C65H79Cl2N12O16P. The number of primary amides is 1. The van der Waals surface area contributed by atoms with E-state index in [0.717, 1.165) is 32.5 Å². The smallest absolute Gasteiger partial charge is 0.445 e. The van der Waals surface area contributed by atoms with Crippen LogP contribution in [0.3, 0.4) is 0 Å². The number of aromatic nitrogens is 2. The number of phosphoric ester groups is 1. The molecule has 28 nitrogen and oxygen atoms in total. The number of carbonyl (C=O) groups excluding carboxylic acids is 10. The van der Waals surface area contributed by atoms with Gasteiger partial charge in [0, 0.05) is 137 Å². The highest BCUT2D eigenvalue weighted by Crippen LogP contribution is 2.75. The number of benzene rings is 3. The van der Waals surface area contributed by atoms with Gasteiger partial charge in [0.15, 0.2) is 11.5 Å². The number of hydrogen-bond acceptors (Lipinski definition) is 14. The van der Waals surface area contributed by atoms with E-state index in [-0.39, 0.29) is 155 Å². The molecule has 2 aromatic heterocycles. The monoisotopic (exact) mass is 1380 g/mol. The number of ether oxygens (including phenoxy) is 2.